The Morgan fingerprint density at radius 3 is 3.10 bits per heavy atom. The molecule has 3 rings (SSSR count). The molecule has 0 bridgehead atoms. The minimum Gasteiger partial charge on any atom is -0.349 e. The van der Waals surface area contributed by atoms with Gasteiger partial charge < -0.3 is 5.32 Å². The van der Waals surface area contributed by atoms with Gasteiger partial charge in [-0.15, -0.1) is 0 Å². The topological polar surface area (TPSA) is 46.9 Å². The van der Waals surface area contributed by atoms with Gasteiger partial charge in [-0.05, 0) is 24.6 Å². The van der Waals surface area contributed by atoms with Crippen LogP contribution in [0.2, 0.25) is 5.02 Å². The van der Waals surface area contributed by atoms with E-state index in [1.54, 1.807) is 6.20 Å². The van der Waals surface area contributed by atoms with E-state index in [-0.39, 0.29) is 16.6 Å². The van der Waals surface area contributed by atoms with E-state index in [9.17, 15) is 9.18 Å². The first kappa shape index (κ1) is 13.1. The van der Waals surface area contributed by atoms with Crippen molar-refractivity contribution in [3.8, 4) is 0 Å². The maximum Gasteiger partial charge on any atom is 0.256 e. The van der Waals surface area contributed by atoms with Crippen LogP contribution in [0.5, 0.6) is 0 Å². The fourth-order valence-electron chi connectivity index (χ4n) is 2.46. The molecule has 0 saturated heterocycles. The number of nitrogens with zero attached hydrogens (tertiary/aromatic N) is 2. The number of hydrogen-bond acceptors (Lipinski definition) is 2. The zero-order valence-electron chi connectivity index (χ0n) is 10.6. The second-order valence-electron chi connectivity index (χ2n) is 4.81. The standard InChI is InChI=1S/C14H13ClFN3O/c15-11-2-1-3-12(16)13(11)14(20)18-9-5-7-19-10(8-9)4-6-17-19/h1-4,6,9H,5,7-8H2,(H,18,20). The summed E-state index contributed by atoms with van der Waals surface area (Å²) in [5.74, 6) is -1.07. The molecular weight excluding hydrogens is 281 g/mol. The number of fused-ring (bicyclic) bond motifs is 1. The number of benzene rings is 1. The molecule has 1 aromatic heterocycles. The summed E-state index contributed by atoms with van der Waals surface area (Å²) in [6.45, 7) is 0.748. The number of hydrogen-bond donors (Lipinski definition) is 1. The van der Waals surface area contributed by atoms with Gasteiger partial charge in [-0.25, -0.2) is 4.39 Å². The highest BCUT2D eigenvalue weighted by Crippen LogP contribution is 2.20. The molecule has 4 nitrogen and oxygen atoms in total. The van der Waals surface area contributed by atoms with Gasteiger partial charge in [0.25, 0.3) is 5.91 Å². The third-order valence-corrected chi connectivity index (χ3v) is 3.79. The lowest BCUT2D eigenvalue weighted by Gasteiger charge is -2.24. The van der Waals surface area contributed by atoms with Crippen molar-refractivity contribution in [3.63, 3.8) is 0 Å². The summed E-state index contributed by atoms with van der Waals surface area (Å²) in [5, 5.41) is 7.15. The predicted octanol–water partition coefficient (Wildman–Crippen LogP) is 2.42. The highest BCUT2D eigenvalue weighted by molar-refractivity contribution is 6.33. The minimum absolute atomic E-state index is 0.0256. The van der Waals surface area contributed by atoms with E-state index < -0.39 is 11.7 Å². The Balaban J connectivity index is 1.74. The van der Waals surface area contributed by atoms with Gasteiger partial charge in [0.15, 0.2) is 0 Å². The van der Waals surface area contributed by atoms with E-state index in [0.29, 0.717) is 6.42 Å². The van der Waals surface area contributed by atoms with Crippen molar-refractivity contribution in [1.29, 1.82) is 0 Å². The molecule has 1 unspecified atom stereocenters. The molecule has 0 fully saturated rings. The molecule has 1 aromatic carbocycles. The van der Waals surface area contributed by atoms with Crippen LogP contribution in [0.4, 0.5) is 4.39 Å². The third kappa shape index (κ3) is 2.41. The number of carbonyl (C=O) groups excluding carboxylic acids is 1. The van der Waals surface area contributed by atoms with Crippen LogP contribution in [-0.2, 0) is 13.0 Å². The number of amides is 1. The van der Waals surface area contributed by atoms with Crippen LogP contribution >= 0.6 is 11.6 Å². The van der Waals surface area contributed by atoms with Crippen LogP contribution in [0, 0.1) is 5.82 Å². The number of carbonyl (C=O) groups is 1. The number of aromatic nitrogens is 2. The number of aryl methyl sites for hydroxylation is 1. The molecule has 1 aliphatic rings. The molecule has 6 heteroatoms. The fourth-order valence-corrected chi connectivity index (χ4v) is 2.71. The van der Waals surface area contributed by atoms with Crippen molar-refractivity contribution in [2.45, 2.75) is 25.4 Å². The van der Waals surface area contributed by atoms with E-state index in [2.05, 4.69) is 10.4 Å². The summed E-state index contributed by atoms with van der Waals surface area (Å²) in [6, 6.07) is 6.12. The van der Waals surface area contributed by atoms with E-state index >= 15 is 0 Å². The molecule has 104 valence electrons. The molecule has 20 heavy (non-hydrogen) atoms. The number of nitrogens with one attached hydrogen (secondary N) is 1. The summed E-state index contributed by atoms with van der Waals surface area (Å²) in [4.78, 5) is 12.1. The molecule has 1 aliphatic heterocycles. The summed E-state index contributed by atoms with van der Waals surface area (Å²) in [7, 11) is 0. The van der Waals surface area contributed by atoms with E-state index in [4.69, 9.17) is 11.6 Å². The van der Waals surface area contributed by atoms with Crippen LogP contribution in [0.25, 0.3) is 0 Å². The Hall–Kier alpha value is -1.88. The van der Waals surface area contributed by atoms with Gasteiger partial charge in [0.05, 0.1) is 10.6 Å². The third-order valence-electron chi connectivity index (χ3n) is 3.47. The van der Waals surface area contributed by atoms with Gasteiger partial charge in [-0.2, -0.15) is 5.10 Å². The first-order chi connectivity index (χ1) is 9.65. The van der Waals surface area contributed by atoms with Gasteiger partial charge in [0.1, 0.15) is 5.82 Å². The van der Waals surface area contributed by atoms with E-state index in [0.717, 1.165) is 18.7 Å². The van der Waals surface area contributed by atoms with Crippen LogP contribution in [-0.4, -0.2) is 21.7 Å². The highest BCUT2D eigenvalue weighted by atomic mass is 35.5. The molecule has 0 aliphatic carbocycles. The summed E-state index contributed by atoms with van der Waals surface area (Å²) in [6.07, 6.45) is 3.21. The SMILES string of the molecule is O=C(NC1CCn2nccc2C1)c1c(F)cccc1Cl. The molecule has 0 saturated carbocycles. The highest BCUT2D eigenvalue weighted by Gasteiger charge is 2.23. The lowest BCUT2D eigenvalue weighted by atomic mass is 10.0. The van der Waals surface area contributed by atoms with Gasteiger partial charge >= 0.3 is 0 Å². The molecule has 2 heterocycles. The molecule has 1 amide bonds. The summed E-state index contributed by atoms with van der Waals surface area (Å²) >= 11 is 5.89. The van der Waals surface area contributed by atoms with Crippen molar-refractivity contribution < 1.29 is 9.18 Å². The monoisotopic (exact) mass is 293 g/mol. The Labute approximate surface area is 120 Å². The van der Waals surface area contributed by atoms with Crippen LogP contribution < -0.4 is 5.32 Å². The Kier molecular flexibility index (Phi) is 3.44. The van der Waals surface area contributed by atoms with Crippen molar-refractivity contribution in [3.05, 3.63) is 52.6 Å². The van der Waals surface area contributed by atoms with Gasteiger partial charge in [-0.3, -0.25) is 9.48 Å². The Bertz CT molecular complexity index is 635. The molecule has 2 aromatic rings. The molecule has 0 spiro atoms. The van der Waals surface area contributed by atoms with Crippen molar-refractivity contribution >= 4 is 17.5 Å². The molecular formula is C14H13ClFN3O. The largest absolute Gasteiger partial charge is 0.349 e. The Morgan fingerprint density at radius 1 is 1.45 bits per heavy atom. The predicted molar refractivity (Wildman–Crippen MR) is 73.2 cm³/mol. The zero-order chi connectivity index (χ0) is 14.1. The van der Waals surface area contributed by atoms with Crippen LogP contribution in [0.1, 0.15) is 22.5 Å². The second kappa shape index (κ2) is 5.25. The number of rotatable bonds is 2. The second-order valence-corrected chi connectivity index (χ2v) is 5.21. The van der Waals surface area contributed by atoms with Gasteiger partial charge in [0, 0.05) is 30.9 Å². The summed E-state index contributed by atoms with van der Waals surface area (Å²) < 4.78 is 15.6. The summed E-state index contributed by atoms with van der Waals surface area (Å²) in [5.41, 5.74) is 0.981. The lowest BCUT2D eigenvalue weighted by molar-refractivity contribution is 0.0926. The molecule has 0 radical (unpaired) electrons. The van der Waals surface area contributed by atoms with Gasteiger partial charge in [-0.1, -0.05) is 17.7 Å². The van der Waals surface area contributed by atoms with Crippen molar-refractivity contribution in [2.24, 2.45) is 0 Å². The van der Waals surface area contributed by atoms with Crippen molar-refractivity contribution in [1.82, 2.24) is 15.1 Å². The smallest absolute Gasteiger partial charge is 0.256 e. The average Bonchev–Trinajstić information content (AvgIpc) is 2.85. The number of halogens is 2. The van der Waals surface area contributed by atoms with E-state index in [1.165, 1.54) is 18.2 Å². The maximum absolute atomic E-state index is 13.7. The first-order valence-electron chi connectivity index (χ1n) is 6.40. The van der Waals surface area contributed by atoms with Crippen LogP contribution in [0.15, 0.2) is 30.5 Å². The first-order valence-corrected chi connectivity index (χ1v) is 6.78. The quantitative estimate of drug-likeness (QED) is 0.924. The fraction of sp³-hybridized carbons (Fsp3) is 0.286. The average molecular weight is 294 g/mol. The molecule has 1 atom stereocenters. The maximum atomic E-state index is 13.7. The molecule has 1 N–H and O–H groups in total. The van der Waals surface area contributed by atoms with Gasteiger partial charge in [0.2, 0.25) is 0 Å². The van der Waals surface area contributed by atoms with Crippen molar-refractivity contribution in [2.75, 3.05) is 0 Å². The van der Waals surface area contributed by atoms with E-state index in [1.807, 2.05) is 10.7 Å². The zero-order valence-corrected chi connectivity index (χ0v) is 11.4. The Morgan fingerprint density at radius 2 is 2.30 bits per heavy atom. The van der Waals surface area contributed by atoms with Crippen LogP contribution in [0.3, 0.4) is 0 Å². The normalized spacial score (nSPS) is 17.6. The minimum atomic E-state index is -0.601. The lowest BCUT2D eigenvalue weighted by Crippen LogP contribution is -2.40.